The fourth-order valence-electron chi connectivity index (χ4n) is 1.24. The zero-order valence-corrected chi connectivity index (χ0v) is 8.94. The van der Waals surface area contributed by atoms with Gasteiger partial charge in [-0.2, -0.15) is 0 Å². The minimum Gasteiger partial charge on any atom is -0.396 e. The lowest BCUT2D eigenvalue weighted by molar-refractivity contribution is 0.262. The molecule has 0 radical (unpaired) electrons. The maximum Gasteiger partial charge on any atom is 0.0595 e. The van der Waals surface area contributed by atoms with Crippen molar-refractivity contribution in [2.75, 3.05) is 6.61 Å². The third-order valence-electron chi connectivity index (χ3n) is 2.13. The molecule has 1 aromatic rings. The van der Waals surface area contributed by atoms with E-state index in [4.69, 9.17) is 28.3 Å². The minimum absolute atomic E-state index is 0.147. The van der Waals surface area contributed by atoms with Crippen molar-refractivity contribution in [2.24, 2.45) is 0 Å². The number of benzene rings is 1. The summed E-state index contributed by atoms with van der Waals surface area (Å²) in [7, 11) is 0. The van der Waals surface area contributed by atoms with Gasteiger partial charge in [-0.05, 0) is 24.1 Å². The van der Waals surface area contributed by atoms with Crippen molar-refractivity contribution < 1.29 is 5.11 Å². The first-order valence-electron chi connectivity index (χ1n) is 4.24. The second kappa shape index (κ2) is 4.85. The minimum atomic E-state index is 0.147. The monoisotopic (exact) mass is 218 g/mol. The van der Waals surface area contributed by atoms with Gasteiger partial charge in [0, 0.05) is 12.5 Å². The number of hydrogen-bond donors (Lipinski definition) is 1. The predicted molar refractivity (Wildman–Crippen MR) is 56.6 cm³/mol. The lowest BCUT2D eigenvalue weighted by Gasteiger charge is -2.12. The van der Waals surface area contributed by atoms with Crippen molar-refractivity contribution >= 4 is 23.2 Å². The molecule has 0 bridgehead atoms. The molecule has 13 heavy (non-hydrogen) atoms. The first-order valence-corrected chi connectivity index (χ1v) is 5.00. The molecular formula is C10H12Cl2O. The van der Waals surface area contributed by atoms with Crippen LogP contribution in [-0.2, 0) is 0 Å². The Hall–Kier alpha value is -0.240. The first-order chi connectivity index (χ1) is 6.19. The van der Waals surface area contributed by atoms with E-state index in [1.807, 2.05) is 19.1 Å². The Morgan fingerprint density at radius 1 is 1.31 bits per heavy atom. The van der Waals surface area contributed by atoms with Gasteiger partial charge in [0.05, 0.1) is 10.0 Å². The summed E-state index contributed by atoms with van der Waals surface area (Å²) in [4.78, 5) is 0. The van der Waals surface area contributed by atoms with E-state index in [1.165, 1.54) is 0 Å². The van der Waals surface area contributed by atoms with E-state index in [0.717, 1.165) is 12.0 Å². The SMILES string of the molecule is CCC(CO)c1ccc(Cl)c(Cl)c1. The Morgan fingerprint density at radius 2 is 2.00 bits per heavy atom. The number of halogens is 2. The van der Waals surface area contributed by atoms with E-state index in [0.29, 0.717) is 10.0 Å². The van der Waals surface area contributed by atoms with Crippen LogP contribution in [0.5, 0.6) is 0 Å². The highest BCUT2D eigenvalue weighted by Gasteiger charge is 2.09. The molecule has 0 heterocycles. The normalized spacial score (nSPS) is 12.9. The Bertz CT molecular complexity index is 282. The van der Waals surface area contributed by atoms with Crippen LogP contribution in [0.3, 0.4) is 0 Å². The largest absolute Gasteiger partial charge is 0.396 e. The molecule has 0 aliphatic carbocycles. The lowest BCUT2D eigenvalue weighted by Crippen LogP contribution is -2.02. The molecule has 0 amide bonds. The summed E-state index contributed by atoms with van der Waals surface area (Å²) in [6, 6.07) is 5.48. The molecule has 1 nitrogen and oxygen atoms in total. The van der Waals surface area contributed by atoms with Gasteiger partial charge in [-0.25, -0.2) is 0 Å². The van der Waals surface area contributed by atoms with Gasteiger partial charge in [0.15, 0.2) is 0 Å². The quantitative estimate of drug-likeness (QED) is 0.824. The molecule has 0 aliphatic rings. The van der Waals surface area contributed by atoms with Crippen LogP contribution in [0, 0.1) is 0 Å². The third kappa shape index (κ3) is 2.60. The molecule has 72 valence electrons. The molecule has 1 aromatic carbocycles. The highest BCUT2D eigenvalue weighted by Crippen LogP contribution is 2.27. The molecule has 1 atom stereocenters. The third-order valence-corrected chi connectivity index (χ3v) is 2.87. The smallest absolute Gasteiger partial charge is 0.0595 e. The van der Waals surface area contributed by atoms with Crippen molar-refractivity contribution in [2.45, 2.75) is 19.3 Å². The number of hydrogen-bond acceptors (Lipinski definition) is 1. The number of aliphatic hydroxyl groups excluding tert-OH is 1. The van der Waals surface area contributed by atoms with Crippen LogP contribution >= 0.6 is 23.2 Å². The maximum atomic E-state index is 9.06. The van der Waals surface area contributed by atoms with Gasteiger partial charge in [0.25, 0.3) is 0 Å². The van der Waals surface area contributed by atoms with E-state index in [2.05, 4.69) is 0 Å². The summed E-state index contributed by atoms with van der Waals surface area (Å²) in [6.07, 6.45) is 0.897. The average molecular weight is 219 g/mol. The number of rotatable bonds is 3. The second-order valence-electron chi connectivity index (χ2n) is 2.96. The van der Waals surface area contributed by atoms with E-state index in [1.54, 1.807) is 6.07 Å². The average Bonchev–Trinajstić information content (AvgIpc) is 2.13. The summed E-state index contributed by atoms with van der Waals surface area (Å²) in [6.45, 7) is 2.18. The van der Waals surface area contributed by atoms with Gasteiger partial charge in [0.1, 0.15) is 0 Å². The standard InChI is InChI=1S/C10H12Cl2O/c1-2-7(6-13)8-3-4-9(11)10(12)5-8/h3-5,7,13H,2,6H2,1H3. The highest BCUT2D eigenvalue weighted by molar-refractivity contribution is 6.42. The zero-order valence-electron chi connectivity index (χ0n) is 7.43. The van der Waals surface area contributed by atoms with Gasteiger partial charge in [0.2, 0.25) is 0 Å². The summed E-state index contributed by atoms with van der Waals surface area (Å²) < 4.78 is 0. The molecule has 3 heteroatoms. The highest BCUT2D eigenvalue weighted by atomic mass is 35.5. The van der Waals surface area contributed by atoms with Crippen LogP contribution < -0.4 is 0 Å². The zero-order chi connectivity index (χ0) is 9.84. The van der Waals surface area contributed by atoms with Crippen LogP contribution in [0.4, 0.5) is 0 Å². The Labute approximate surface area is 88.3 Å². The Kier molecular flexibility index (Phi) is 4.04. The van der Waals surface area contributed by atoms with E-state index in [9.17, 15) is 0 Å². The first kappa shape index (κ1) is 10.8. The van der Waals surface area contributed by atoms with Crippen LogP contribution in [0.2, 0.25) is 10.0 Å². The van der Waals surface area contributed by atoms with Crippen molar-refractivity contribution in [1.82, 2.24) is 0 Å². The van der Waals surface area contributed by atoms with Crippen LogP contribution in [0.1, 0.15) is 24.8 Å². The van der Waals surface area contributed by atoms with E-state index < -0.39 is 0 Å². The molecule has 0 aromatic heterocycles. The Morgan fingerprint density at radius 3 is 2.46 bits per heavy atom. The lowest BCUT2D eigenvalue weighted by atomic mass is 9.98. The van der Waals surface area contributed by atoms with Crippen molar-refractivity contribution in [1.29, 1.82) is 0 Å². The molecule has 1 N–H and O–H groups in total. The summed E-state index contributed by atoms with van der Waals surface area (Å²) in [5.41, 5.74) is 1.04. The van der Waals surface area contributed by atoms with E-state index >= 15 is 0 Å². The summed E-state index contributed by atoms with van der Waals surface area (Å²) >= 11 is 11.6. The Balaban J connectivity index is 2.95. The number of aliphatic hydroxyl groups is 1. The molecule has 0 saturated carbocycles. The van der Waals surface area contributed by atoms with Crippen molar-refractivity contribution in [3.63, 3.8) is 0 Å². The van der Waals surface area contributed by atoms with Crippen molar-refractivity contribution in [3.05, 3.63) is 33.8 Å². The van der Waals surface area contributed by atoms with Crippen LogP contribution in [-0.4, -0.2) is 11.7 Å². The molecule has 1 rings (SSSR count). The molecule has 0 aliphatic heterocycles. The summed E-state index contributed by atoms with van der Waals surface area (Å²) in [5.74, 6) is 0.162. The maximum absolute atomic E-state index is 9.06. The summed E-state index contributed by atoms with van der Waals surface area (Å²) in [5, 5.41) is 10.2. The van der Waals surface area contributed by atoms with Crippen molar-refractivity contribution in [3.8, 4) is 0 Å². The fourth-order valence-corrected chi connectivity index (χ4v) is 1.54. The fraction of sp³-hybridized carbons (Fsp3) is 0.400. The van der Waals surface area contributed by atoms with Gasteiger partial charge >= 0.3 is 0 Å². The van der Waals surface area contributed by atoms with Gasteiger partial charge in [-0.1, -0.05) is 36.2 Å². The molecular weight excluding hydrogens is 207 g/mol. The van der Waals surface area contributed by atoms with Gasteiger partial charge in [-0.3, -0.25) is 0 Å². The van der Waals surface area contributed by atoms with Crippen LogP contribution in [0.25, 0.3) is 0 Å². The molecule has 0 spiro atoms. The molecule has 1 unspecified atom stereocenters. The van der Waals surface area contributed by atoms with E-state index in [-0.39, 0.29) is 12.5 Å². The second-order valence-corrected chi connectivity index (χ2v) is 3.78. The van der Waals surface area contributed by atoms with Gasteiger partial charge in [-0.15, -0.1) is 0 Å². The topological polar surface area (TPSA) is 20.2 Å². The molecule has 0 saturated heterocycles. The van der Waals surface area contributed by atoms with Crippen LogP contribution in [0.15, 0.2) is 18.2 Å². The van der Waals surface area contributed by atoms with Gasteiger partial charge < -0.3 is 5.11 Å². The molecule has 0 fully saturated rings. The predicted octanol–water partition coefficient (Wildman–Crippen LogP) is 3.48.